The zero-order chi connectivity index (χ0) is 18.7. The Morgan fingerprint density at radius 1 is 1.38 bits per heavy atom. The number of amides is 2. The van der Waals surface area contributed by atoms with Crippen LogP contribution in [-0.2, 0) is 19.1 Å². The highest BCUT2D eigenvalue weighted by molar-refractivity contribution is 5.90. The van der Waals surface area contributed by atoms with Gasteiger partial charge in [-0.1, -0.05) is 6.08 Å². The predicted molar refractivity (Wildman–Crippen MR) is 87.3 cm³/mol. The number of hydrogen-bond acceptors (Lipinski definition) is 5. The summed E-state index contributed by atoms with van der Waals surface area (Å²) in [5, 5.41) is 8.25. The predicted octanol–water partition coefficient (Wildman–Crippen LogP) is 0.258. The van der Waals surface area contributed by atoms with Gasteiger partial charge in [-0.05, 0) is 12.8 Å². The van der Waals surface area contributed by atoms with Crippen molar-refractivity contribution in [3.8, 4) is 0 Å². The van der Waals surface area contributed by atoms with Crippen LogP contribution < -0.4 is 16.0 Å². The van der Waals surface area contributed by atoms with Crippen LogP contribution in [-0.4, -0.2) is 55.5 Å². The van der Waals surface area contributed by atoms with Crippen LogP contribution in [0.25, 0.3) is 0 Å². The normalized spacial score (nSPS) is 30.8. The number of ether oxygens (including phenoxy) is 1. The summed E-state index contributed by atoms with van der Waals surface area (Å²) in [5.41, 5.74) is 0.440. The first-order chi connectivity index (χ1) is 12.3. The van der Waals surface area contributed by atoms with Gasteiger partial charge < -0.3 is 20.7 Å². The van der Waals surface area contributed by atoms with Crippen LogP contribution in [0, 0.1) is 5.92 Å². The molecular weight excluding hydrogens is 348 g/mol. The van der Waals surface area contributed by atoms with Crippen LogP contribution in [0.15, 0.2) is 11.6 Å². The molecule has 26 heavy (non-hydrogen) atoms. The lowest BCUT2D eigenvalue weighted by atomic mass is 9.95. The van der Waals surface area contributed by atoms with Gasteiger partial charge in [-0.15, -0.1) is 0 Å². The summed E-state index contributed by atoms with van der Waals surface area (Å²) in [6.45, 7) is 0.916. The first kappa shape index (κ1) is 18.8. The van der Waals surface area contributed by atoms with Crippen LogP contribution in [0.2, 0.25) is 0 Å². The Morgan fingerprint density at radius 3 is 2.81 bits per heavy atom. The number of piperidine rings is 1. The van der Waals surface area contributed by atoms with E-state index in [0.717, 1.165) is 0 Å². The summed E-state index contributed by atoms with van der Waals surface area (Å²) in [5.74, 6) is -4.24. The number of carbonyl (C=O) groups is 3. The second-order valence-electron chi connectivity index (χ2n) is 7.02. The Labute approximate surface area is 149 Å². The Balaban J connectivity index is 1.69. The number of carbonyl (C=O) groups excluding carboxylic acids is 3. The summed E-state index contributed by atoms with van der Waals surface area (Å²) < 4.78 is 32.0. The van der Waals surface area contributed by atoms with E-state index in [1.807, 2.05) is 0 Å². The van der Waals surface area contributed by atoms with Gasteiger partial charge in [0.15, 0.2) is 0 Å². The molecule has 7 nitrogen and oxygen atoms in total. The van der Waals surface area contributed by atoms with Crippen LogP contribution in [0.4, 0.5) is 8.78 Å². The van der Waals surface area contributed by atoms with Crippen molar-refractivity contribution in [2.24, 2.45) is 5.92 Å². The summed E-state index contributed by atoms with van der Waals surface area (Å²) >= 11 is 0. The fourth-order valence-electron chi connectivity index (χ4n) is 3.56. The molecule has 3 aliphatic rings. The average molecular weight is 371 g/mol. The van der Waals surface area contributed by atoms with Crippen molar-refractivity contribution in [1.82, 2.24) is 16.0 Å². The minimum atomic E-state index is -2.87. The molecule has 0 aliphatic carbocycles. The van der Waals surface area contributed by atoms with Crippen LogP contribution in [0.3, 0.4) is 0 Å². The summed E-state index contributed by atoms with van der Waals surface area (Å²) in [6.07, 6.45) is 2.13. The first-order valence-electron chi connectivity index (χ1n) is 8.91. The van der Waals surface area contributed by atoms with E-state index in [0.29, 0.717) is 31.4 Å². The molecule has 3 heterocycles. The standard InChI is InChI=1S/C17H23F2N3O4/c18-17(19)3-5-20-13(9-17)15(24)22-12(7-10-1-4-21-14(10)23)8-11-2-6-26-16(11)25/h8,10,12-13,20H,1-7,9H2,(H,21,23)(H,22,24)/b11-8+/t10-,12-,13-/m0/s1. The maximum atomic E-state index is 13.6. The van der Waals surface area contributed by atoms with Crippen molar-refractivity contribution < 1.29 is 27.9 Å². The highest BCUT2D eigenvalue weighted by atomic mass is 19.3. The lowest BCUT2D eigenvalue weighted by Gasteiger charge is -2.30. The van der Waals surface area contributed by atoms with Gasteiger partial charge in [-0.3, -0.25) is 9.59 Å². The van der Waals surface area contributed by atoms with Crippen LogP contribution in [0.1, 0.15) is 32.1 Å². The van der Waals surface area contributed by atoms with E-state index >= 15 is 0 Å². The van der Waals surface area contributed by atoms with Gasteiger partial charge >= 0.3 is 5.97 Å². The Hall–Kier alpha value is -2.03. The number of esters is 1. The maximum Gasteiger partial charge on any atom is 0.333 e. The number of rotatable bonds is 5. The molecule has 3 fully saturated rings. The minimum absolute atomic E-state index is 0.0637. The van der Waals surface area contributed by atoms with E-state index < -0.39 is 36.3 Å². The van der Waals surface area contributed by atoms with E-state index in [-0.39, 0.29) is 31.4 Å². The molecule has 0 aromatic carbocycles. The summed E-state index contributed by atoms with van der Waals surface area (Å²) in [4.78, 5) is 36.0. The molecular formula is C17H23F2N3O4. The Kier molecular flexibility index (Phi) is 5.55. The smallest absolute Gasteiger partial charge is 0.333 e. The summed E-state index contributed by atoms with van der Waals surface area (Å²) in [6, 6.07) is -1.58. The molecule has 2 amide bonds. The Morgan fingerprint density at radius 2 is 2.19 bits per heavy atom. The molecule has 0 aromatic heterocycles. The molecule has 3 atom stereocenters. The van der Waals surface area contributed by atoms with E-state index in [4.69, 9.17) is 4.74 Å². The third-order valence-corrected chi connectivity index (χ3v) is 5.00. The SMILES string of the molecule is O=C1OCC/C1=C\[C@H](C[C@@H]1CCNC1=O)NC(=O)[C@@H]1CC(F)(F)CCN1. The average Bonchev–Trinajstić information content (AvgIpc) is 3.15. The lowest BCUT2D eigenvalue weighted by molar-refractivity contribution is -0.135. The molecule has 0 aromatic rings. The molecule has 0 radical (unpaired) electrons. The van der Waals surface area contributed by atoms with E-state index in [9.17, 15) is 23.2 Å². The molecule has 0 spiro atoms. The molecule has 144 valence electrons. The van der Waals surface area contributed by atoms with E-state index in [1.165, 1.54) is 0 Å². The molecule has 0 unspecified atom stereocenters. The van der Waals surface area contributed by atoms with E-state index in [2.05, 4.69) is 16.0 Å². The quantitative estimate of drug-likeness (QED) is 0.476. The fraction of sp³-hybridized carbons (Fsp3) is 0.706. The number of nitrogens with one attached hydrogen (secondary N) is 3. The minimum Gasteiger partial charge on any atom is -0.462 e. The van der Waals surface area contributed by atoms with Gasteiger partial charge in [-0.25, -0.2) is 13.6 Å². The number of hydrogen-bond donors (Lipinski definition) is 3. The first-order valence-corrected chi connectivity index (χ1v) is 8.91. The van der Waals surface area contributed by atoms with Crippen molar-refractivity contribution in [2.75, 3.05) is 19.7 Å². The second-order valence-corrected chi connectivity index (χ2v) is 7.02. The zero-order valence-electron chi connectivity index (χ0n) is 14.4. The number of alkyl halides is 2. The Bertz CT molecular complexity index is 623. The highest BCUT2D eigenvalue weighted by Gasteiger charge is 2.39. The maximum absolute atomic E-state index is 13.6. The molecule has 3 aliphatic heterocycles. The van der Waals surface area contributed by atoms with Gasteiger partial charge in [0.1, 0.15) is 0 Å². The number of halogens is 2. The largest absolute Gasteiger partial charge is 0.462 e. The van der Waals surface area contributed by atoms with E-state index in [1.54, 1.807) is 6.08 Å². The van der Waals surface area contributed by atoms with Crippen LogP contribution in [0.5, 0.6) is 0 Å². The highest BCUT2D eigenvalue weighted by Crippen LogP contribution is 2.28. The third-order valence-electron chi connectivity index (χ3n) is 5.00. The molecule has 3 N–H and O–H groups in total. The fourth-order valence-corrected chi connectivity index (χ4v) is 3.56. The summed E-state index contributed by atoms with van der Waals surface area (Å²) in [7, 11) is 0. The van der Waals surface area contributed by atoms with Crippen molar-refractivity contribution in [1.29, 1.82) is 0 Å². The van der Waals surface area contributed by atoms with Crippen molar-refractivity contribution in [3.05, 3.63) is 11.6 Å². The second kappa shape index (κ2) is 7.69. The van der Waals surface area contributed by atoms with Crippen molar-refractivity contribution in [3.63, 3.8) is 0 Å². The van der Waals surface area contributed by atoms with Gasteiger partial charge in [0.25, 0.3) is 5.92 Å². The topological polar surface area (TPSA) is 96.5 Å². The zero-order valence-corrected chi connectivity index (χ0v) is 14.4. The van der Waals surface area contributed by atoms with Gasteiger partial charge in [0.2, 0.25) is 11.8 Å². The molecule has 9 heteroatoms. The molecule has 0 bridgehead atoms. The van der Waals surface area contributed by atoms with Crippen LogP contribution >= 0.6 is 0 Å². The van der Waals surface area contributed by atoms with Crippen molar-refractivity contribution in [2.45, 2.75) is 50.1 Å². The lowest BCUT2D eigenvalue weighted by Crippen LogP contribution is -2.53. The van der Waals surface area contributed by atoms with Gasteiger partial charge in [0.05, 0.1) is 12.6 Å². The third kappa shape index (κ3) is 4.57. The molecule has 3 rings (SSSR count). The monoisotopic (exact) mass is 371 g/mol. The van der Waals surface area contributed by atoms with Gasteiger partial charge in [-0.2, -0.15) is 0 Å². The van der Waals surface area contributed by atoms with Crippen molar-refractivity contribution >= 4 is 17.8 Å². The number of cyclic esters (lactones) is 1. The van der Waals surface area contributed by atoms with Gasteiger partial charge in [0, 0.05) is 49.9 Å². The molecule has 0 saturated carbocycles. The molecule has 3 saturated heterocycles.